The van der Waals surface area contributed by atoms with Crippen LogP contribution >= 0.6 is 7.82 Å². The lowest BCUT2D eigenvalue weighted by atomic mass is 10.0. The molecule has 0 aromatic carbocycles. The number of aliphatic hydroxyl groups is 1. The Hall–Kier alpha value is -2.06. The summed E-state index contributed by atoms with van der Waals surface area (Å²) in [6.07, 6.45) is 76.6. The molecule has 432 valence electrons. The molecule has 74 heavy (non-hydrogen) atoms. The highest BCUT2D eigenvalue weighted by atomic mass is 31.2. The fraction of sp³-hybridized carbons (Fsp3) is 0.800. The Kier molecular flexibility index (Phi) is 54.1. The Balaban J connectivity index is 4.03. The highest BCUT2D eigenvalue weighted by Gasteiger charge is 2.24. The number of nitrogens with one attached hydrogen (secondary N) is 1. The van der Waals surface area contributed by atoms with Crippen LogP contribution in [-0.4, -0.2) is 68.5 Å². The largest absolute Gasteiger partial charge is 0.756 e. The van der Waals surface area contributed by atoms with Crippen LogP contribution in [0.1, 0.15) is 284 Å². The highest BCUT2D eigenvalue weighted by molar-refractivity contribution is 7.45. The summed E-state index contributed by atoms with van der Waals surface area (Å²) in [5, 5.41) is 14.0. The summed E-state index contributed by atoms with van der Waals surface area (Å²) >= 11 is 0. The molecular formula is C65H121N2O6P. The smallest absolute Gasteiger partial charge is 0.268 e. The van der Waals surface area contributed by atoms with E-state index in [4.69, 9.17) is 9.05 Å². The molecule has 0 aliphatic rings. The van der Waals surface area contributed by atoms with E-state index >= 15 is 0 Å². The quantitative estimate of drug-likeness (QED) is 0.0272. The number of nitrogens with zero attached hydrogens (tertiary/aromatic N) is 1. The van der Waals surface area contributed by atoms with E-state index in [0.29, 0.717) is 23.9 Å². The van der Waals surface area contributed by atoms with Gasteiger partial charge in [0.05, 0.1) is 39.9 Å². The first kappa shape index (κ1) is 71.9. The van der Waals surface area contributed by atoms with Gasteiger partial charge in [-0.3, -0.25) is 9.36 Å². The third kappa shape index (κ3) is 57.6. The van der Waals surface area contributed by atoms with Crippen LogP contribution in [0, 0.1) is 0 Å². The molecule has 8 nitrogen and oxygen atoms in total. The van der Waals surface area contributed by atoms with Gasteiger partial charge in [0.25, 0.3) is 7.82 Å². The van der Waals surface area contributed by atoms with E-state index in [0.717, 1.165) is 77.0 Å². The van der Waals surface area contributed by atoms with Crippen molar-refractivity contribution in [1.82, 2.24) is 5.32 Å². The van der Waals surface area contributed by atoms with Crippen LogP contribution in [0.3, 0.4) is 0 Å². The van der Waals surface area contributed by atoms with Crippen molar-refractivity contribution in [1.29, 1.82) is 0 Å². The molecule has 3 atom stereocenters. The molecule has 0 aliphatic carbocycles. The molecule has 0 aromatic rings. The zero-order chi connectivity index (χ0) is 54.2. The molecule has 0 fully saturated rings. The summed E-state index contributed by atoms with van der Waals surface area (Å²) in [5.41, 5.74) is 0. The van der Waals surface area contributed by atoms with Crippen molar-refractivity contribution in [2.75, 3.05) is 40.9 Å². The second kappa shape index (κ2) is 55.7. The maximum Gasteiger partial charge on any atom is 0.268 e. The molecule has 0 radical (unpaired) electrons. The van der Waals surface area contributed by atoms with Crippen molar-refractivity contribution in [3.63, 3.8) is 0 Å². The molecule has 0 rings (SSSR count). The fourth-order valence-electron chi connectivity index (χ4n) is 9.10. The van der Waals surface area contributed by atoms with E-state index < -0.39 is 20.0 Å². The lowest BCUT2D eigenvalue weighted by molar-refractivity contribution is -0.870. The number of hydrogen-bond acceptors (Lipinski definition) is 6. The van der Waals surface area contributed by atoms with Crippen molar-refractivity contribution in [2.24, 2.45) is 0 Å². The van der Waals surface area contributed by atoms with Crippen molar-refractivity contribution in [2.45, 2.75) is 296 Å². The van der Waals surface area contributed by atoms with E-state index in [1.54, 1.807) is 0 Å². The number of allylic oxidation sites excluding steroid dienone is 12. The second-order valence-corrected chi connectivity index (χ2v) is 23.8. The molecule has 2 N–H and O–H groups in total. The van der Waals surface area contributed by atoms with Crippen molar-refractivity contribution >= 4 is 13.7 Å². The zero-order valence-corrected chi connectivity index (χ0v) is 50.2. The minimum absolute atomic E-state index is 0.0115. The van der Waals surface area contributed by atoms with Crippen molar-refractivity contribution in [3.8, 4) is 0 Å². The predicted molar refractivity (Wildman–Crippen MR) is 320 cm³/mol. The van der Waals surface area contributed by atoms with E-state index in [2.05, 4.69) is 92.1 Å². The van der Waals surface area contributed by atoms with Gasteiger partial charge in [-0.05, 0) is 64.2 Å². The van der Waals surface area contributed by atoms with Crippen molar-refractivity contribution in [3.05, 3.63) is 72.9 Å². The molecule has 0 bridgehead atoms. The summed E-state index contributed by atoms with van der Waals surface area (Å²) in [4.78, 5) is 25.6. The number of likely N-dealkylation sites (N-methyl/N-ethyl adjacent to an activating group) is 1. The Bertz CT molecular complexity index is 1430. The fourth-order valence-corrected chi connectivity index (χ4v) is 9.83. The van der Waals surface area contributed by atoms with Gasteiger partial charge in [0.15, 0.2) is 0 Å². The number of quaternary nitrogens is 1. The number of carbonyl (C=O) groups excluding carboxylic acids is 1. The van der Waals surface area contributed by atoms with Gasteiger partial charge >= 0.3 is 0 Å². The number of phosphoric acid groups is 1. The van der Waals surface area contributed by atoms with E-state index in [1.165, 1.54) is 180 Å². The molecule has 0 saturated carbocycles. The number of hydrogen-bond donors (Lipinski definition) is 2. The molecule has 0 aliphatic heterocycles. The SMILES string of the molecule is CC/C=C\C/C=C\C/C=C\C/C=C\C/C=C\C/C=C\CCCCCCCCCCCCCCCCCCC(=O)NC(COP(=O)([O-])OCC[N+](C)(C)C)C(O)CCCCCCCCCCCCCCCCCCC. The minimum Gasteiger partial charge on any atom is -0.756 e. The summed E-state index contributed by atoms with van der Waals surface area (Å²) in [6.45, 7) is 4.63. The number of amides is 1. The van der Waals surface area contributed by atoms with E-state index in [9.17, 15) is 19.4 Å². The standard InChI is InChI=1S/C65H121N2O6P/c1-6-8-10-12-14-16-18-20-22-24-25-26-27-28-29-30-31-32-33-34-35-36-37-38-39-40-41-43-45-47-49-51-53-55-57-59-65(69)66-63(62-73-74(70,71)72-61-60-67(3,4)5)64(68)58-56-54-52-50-48-46-44-42-23-21-19-17-15-13-11-9-7-2/h8,10,14,16,20,22,25-26,28-29,31-32,63-64,68H,6-7,9,11-13,15,17-19,21,23-24,27,30,33-62H2,1-5H3,(H-,66,69,70,71)/b10-8-,16-14-,22-20-,26-25-,29-28-,32-31-. The van der Waals surface area contributed by atoms with Crippen LogP contribution in [0.25, 0.3) is 0 Å². The Morgan fingerprint density at radius 1 is 0.486 bits per heavy atom. The molecular weight excluding hydrogens is 936 g/mol. The summed E-state index contributed by atoms with van der Waals surface area (Å²) in [6, 6.07) is -0.803. The summed E-state index contributed by atoms with van der Waals surface area (Å²) in [5.74, 6) is -0.163. The van der Waals surface area contributed by atoms with Crippen LogP contribution in [0.4, 0.5) is 0 Å². The second-order valence-electron chi connectivity index (χ2n) is 22.4. The van der Waals surface area contributed by atoms with Gasteiger partial charge < -0.3 is 28.8 Å². The lowest BCUT2D eigenvalue weighted by Crippen LogP contribution is -2.46. The number of rotatable bonds is 57. The third-order valence-corrected chi connectivity index (χ3v) is 14.9. The lowest BCUT2D eigenvalue weighted by Gasteiger charge is -2.30. The first-order valence-corrected chi connectivity index (χ1v) is 32.7. The molecule has 3 unspecified atom stereocenters. The van der Waals surface area contributed by atoms with Gasteiger partial charge in [-0.1, -0.05) is 286 Å². The van der Waals surface area contributed by atoms with Gasteiger partial charge in [-0.25, -0.2) is 0 Å². The molecule has 0 aromatic heterocycles. The van der Waals surface area contributed by atoms with Gasteiger partial charge in [0.2, 0.25) is 5.91 Å². The number of unbranched alkanes of at least 4 members (excludes halogenated alkanes) is 32. The molecule has 0 heterocycles. The first-order chi connectivity index (χ1) is 36.0. The minimum atomic E-state index is -4.58. The van der Waals surface area contributed by atoms with Gasteiger partial charge in [-0.15, -0.1) is 0 Å². The van der Waals surface area contributed by atoms with Crippen LogP contribution in [0.2, 0.25) is 0 Å². The van der Waals surface area contributed by atoms with E-state index in [-0.39, 0.29) is 19.1 Å². The topological polar surface area (TPSA) is 108 Å². The molecule has 1 amide bonds. The first-order valence-electron chi connectivity index (χ1n) is 31.3. The van der Waals surface area contributed by atoms with Crippen LogP contribution in [-0.2, 0) is 18.4 Å². The van der Waals surface area contributed by atoms with Gasteiger partial charge in [-0.2, -0.15) is 0 Å². The maximum absolute atomic E-state index is 13.0. The summed E-state index contributed by atoms with van der Waals surface area (Å²) in [7, 11) is 1.31. The van der Waals surface area contributed by atoms with Crippen LogP contribution < -0.4 is 10.2 Å². The number of aliphatic hydroxyl groups excluding tert-OH is 1. The molecule has 9 heteroatoms. The number of phosphoric ester groups is 1. The van der Waals surface area contributed by atoms with Crippen molar-refractivity contribution < 1.29 is 32.9 Å². The maximum atomic E-state index is 13.0. The highest BCUT2D eigenvalue weighted by Crippen LogP contribution is 2.38. The Morgan fingerprint density at radius 3 is 1.20 bits per heavy atom. The molecule has 0 saturated heterocycles. The zero-order valence-electron chi connectivity index (χ0n) is 49.3. The predicted octanol–water partition coefficient (Wildman–Crippen LogP) is 18.8. The third-order valence-electron chi connectivity index (χ3n) is 14.0. The van der Waals surface area contributed by atoms with E-state index in [1.807, 2.05) is 21.1 Å². The average Bonchev–Trinajstić information content (AvgIpc) is 3.36. The Morgan fingerprint density at radius 2 is 0.824 bits per heavy atom. The Labute approximate surface area is 459 Å². The van der Waals surface area contributed by atoms with Gasteiger partial charge in [0, 0.05) is 6.42 Å². The molecule has 0 spiro atoms. The monoisotopic (exact) mass is 1060 g/mol. The normalized spacial score (nSPS) is 14.3. The van der Waals surface area contributed by atoms with Crippen LogP contribution in [0.15, 0.2) is 72.9 Å². The van der Waals surface area contributed by atoms with Gasteiger partial charge in [0.1, 0.15) is 13.2 Å². The average molecular weight is 1060 g/mol. The summed E-state index contributed by atoms with van der Waals surface area (Å²) < 4.78 is 23.4. The van der Waals surface area contributed by atoms with Crippen LogP contribution in [0.5, 0.6) is 0 Å². The number of carbonyl (C=O) groups is 1.